The average molecular weight is 316 g/mol. The fourth-order valence-electron chi connectivity index (χ4n) is 2.13. The van der Waals surface area contributed by atoms with Crippen LogP contribution in [-0.2, 0) is 4.79 Å². The van der Waals surface area contributed by atoms with Crippen molar-refractivity contribution in [3.8, 4) is 5.82 Å². The third-order valence-corrected chi connectivity index (χ3v) is 3.14. The van der Waals surface area contributed by atoms with E-state index in [4.69, 9.17) is 5.73 Å². The van der Waals surface area contributed by atoms with Crippen LogP contribution in [0.3, 0.4) is 0 Å². The van der Waals surface area contributed by atoms with E-state index in [0.717, 1.165) is 11.4 Å². The van der Waals surface area contributed by atoms with Gasteiger partial charge in [-0.2, -0.15) is 5.10 Å². The van der Waals surface area contributed by atoms with Gasteiger partial charge in [-0.05, 0) is 38.5 Å². The predicted octanol–water partition coefficient (Wildman–Crippen LogP) is 1.27. The Labute approximate surface area is 134 Å². The number of carbonyl (C=O) groups is 2. The van der Waals surface area contributed by atoms with E-state index in [2.05, 4.69) is 20.7 Å². The van der Waals surface area contributed by atoms with Gasteiger partial charge >= 0.3 is 6.03 Å². The van der Waals surface area contributed by atoms with Crippen LogP contribution in [-0.4, -0.2) is 33.2 Å². The van der Waals surface area contributed by atoms with E-state index in [9.17, 15) is 9.59 Å². The van der Waals surface area contributed by atoms with Gasteiger partial charge in [0.25, 0.3) is 0 Å². The van der Waals surface area contributed by atoms with E-state index in [1.165, 1.54) is 0 Å². The second-order valence-electron chi connectivity index (χ2n) is 5.19. The molecule has 0 fully saturated rings. The van der Waals surface area contributed by atoms with Gasteiger partial charge in [0.05, 0.1) is 17.6 Å². The number of rotatable bonds is 6. The van der Waals surface area contributed by atoms with Crippen molar-refractivity contribution in [1.82, 2.24) is 20.1 Å². The van der Waals surface area contributed by atoms with Crippen molar-refractivity contribution < 1.29 is 9.59 Å². The summed E-state index contributed by atoms with van der Waals surface area (Å²) in [5, 5.41) is 9.55. The topological polar surface area (TPSA) is 115 Å². The van der Waals surface area contributed by atoms with Gasteiger partial charge in [0, 0.05) is 18.7 Å². The molecule has 2 aromatic heterocycles. The maximum absolute atomic E-state index is 11.8. The molecule has 3 amide bonds. The monoisotopic (exact) mass is 316 g/mol. The maximum Gasteiger partial charge on any atom is 0.312 e. The van der Waals surface area contributed by atoms with Gasteiger partial charge in [-0.3, -0.25) is 4.79 Å². The van der Waals surface area contributed by atoms with Gasteiger partial charge in [-0.15, -0.1) is 0 Å². The first kappa shape index (κ1) is 16.5. The summed E-state index contributed by atoms with van der Waals surface area (Å²) in [6, 6.07) is 4.95. The number of nitrogens with one attached hydrogen (secondary N) is 2. The summed E-state index contributed by atoms with van der Waals surface area (Å²) in [6.07, 6.45) is 2.40. The number of urea groups is 1. The molecule has 2 aromatic rings. The van der Waals surface area contributed by atoms with Crippen LogP contribution >= 0.6 is 0 Å². The van der Waals surface area contributed by atoms with E-state index >= 15 is 0 Å². The predicted molar refractivity (Wildman–Crippen MR) is 86.3 cm³/mol. The third kappa shape index (κ3) is 4.80. The van der Waals surface area contributed by atoms with Crippen molar-refractivity contribution in [2.24, 2.45) is 5.73 Å². The van der Waals surface area contributed by atoms with Crippen molar-refractivity contribution in [2.45, 2.75) is 26.7 Å². The Morgan fingerprint density at radius 3 is 2.65 bits per heavy atom. The number of nitrogens with zero attached hydrogens (tertiary/aromatic N) is 3. The van der Waals surface area contributed by atoms with Crippen LogP contribution in [0.5, 0.6) is 0 Å². The standard InChI is InChI=1S/C15H20N6O2/c1-10-8-11(2)21(20-10)13-6-5-12(9-18-13)19-14(22)4-3-7-17-15(16)23/h5-6,8-9H,3-4,7H2,1-2H3,(H,19,22)(H3,16,17,23). The minimum absolute atomic E-state index is 0.142. The highest BCUT2D eigenvalue weighted by Crippen LogP contribution is 2.12. The van der Waals surface area contributed by atoms with Crippen LogP contribution < -0.4 is 16.4 Å². The molecule has 0 saturated carbocycles. The fourth-order valence-corrected chi connectivity index (χ4v) is 2.13. The molecule has 0 radical (unpaired) electrons. The molecule has 2 heterocycles. The molecule has 0 saturated heterocycles. The molecule has 0 aromatic carbocycles. The zero-order valence-electron chi connectivity index (χ0n) is 13.2. The van der Waals surface area contributed by atoms with Gasteiger partial charge < -0.3 is 16.4 Å². The van der Waals surface area contributed by atoms with Gasteiger partial charge in [-0.25, -0.2) is 14.5 Å². The smallest absolute Gasteiger partial charge is 0.312 e. The number of aromatic nitrogens is 3. The Bertz CT molecular complexity index is 692. The van der Waals surface area contributed by atoms with Crippen LogP contribution in [0.2, 0.25) is 0 Å². The zero-order chi connectivity index (χ0) is 16.8. The molecule has 23 heavy (non-hydrogen) atoms. The fraction of sp³-hybridized carbons (Fsp3) is 0.333. The second kappa shape index (κ2) is 7.39. The van der Waals surface area contributed by atoms with E-state index in [-0.39, 0.29) is 5.91 Å². The molecule has 8 heteroatoms. The number of anilines is 1. The summed E-state index contributed by atoms with van der Waals surface area (Å²) < 4.78 is 1.75. The second-order valence-corrected chi connectivity index (χ2v) is 5.19. The number of amides is 3. The molecular weight excluding hydrogens is 296 g/mol. The molecule has 0 aliphatic carbocycles. The molecule has 2 rings (SSSR count). The van der Waals surface area contributed by atoms with Crippen LogP contribution in [0.15, 0.2) is 24.4 Å². The molecule has 0 aliphatic rings. The first-order valence-electron chi connectivity index (χ1n) is 7.28. The Hall–Kier alpha value is -2.90. The summed E-state index contributed by atoms with van der Waals surface area (Å²) in [5.41, 5.74) is 7.47. The summed E-state index contributed by atoms with van der Waals surface area (Å²) in [7, 11) is 0. The highest BCUT2D eigenvalue weighted by Gasteiger charge is 2.06. The summed E-state index contributed by atoms with van der Waals surface area (Å²) in [5.74, 6) is 0.552. The van der Waals surface area contributed by atoms with Crippen molar-refractivity contribution in [3.05, 3.63) is 35.8 Å². The average Bonchev–Trinajstić information content (AvgIpc) is 2.83. The quantitative estimate of drug-likeness (QED) is 0.696. The lowest BCUT2D eigenvalue weighted by molar-refractivity contribution is -0.116. The number of primary amides is 1. The van der Waals surface area contributed by atoms with Gasteiger partial charge in [0.1, 0.15) is 0 Å². The summed E-state index contributed by atoms with van der Waals surface area (Å²) >= 11 is 0. The van der Waals surface area contributed by atoms with Gasteiger partial charge in [0.15, 0.2) is 5.82 Å². The SMILES string of the molecule is Cc1cc(C)n(-c2ccc(NC(=O)CCCNC(N)=O)cn2)n1. The lowest BCUT2D eigenvalue weighted by Crippen LogP contribution is -2.30. The minimum Gasteiger partial charge on any atom is -0.352 e. The van der Waals surface area contributed by atoms with Crippen LogP contribution in [0.4, 0.5) is 10.5 Å². The third-order valence-electron chi connectivity index (χ3n) is 3.14. The molecule has 0 aliphatic heterocycles. The van der Waals surface area contributed by atoms with Gasteiger partial charge in [0.2, 0.25) is 5.91 Å². The molecule has 122 valence electrons. The lowest BCUT2D eigenvalue weighted by Gasteiger charge is -2.07. The van der Waals surface area contributed by atoms with Crippen molar-refractivity contribution in [1.29, 1.82) is 0 Å². The zero-order valence-corrected chi connectivity index (χ0v) is 13.2. The highest BCUT2D eigenvalue weighted by atomic mass is 16.2. The van der Waals surface area contributed by atoms with Crippen molar-refractivity contribution >= 4 is 17.6 Å². The molecule has 0 unspecified atom stereocenters. The summed E-state index contributed by atoms with van der Waals surface area (Å²) in [6.45, 7) is 4.25. The number of hydrogen-bond donors (Lipinski definition) is 3. The largest absolute Gasteiger partial charge is 0.352 e. The van der Waals surface area contributed by atoms with E-state index in [1.807, 2.05) is 19.9 Å². The van der Waals surface area contributed by atoms with Crippen molar-refractivity contribution in [3.63, 3.8) is 0 Å². The molecule has 0 spiro atoms. The first-order valence-corrected chi connectivity index (χ1v) is 7.28. The van der Waals surface area contributed by atoms with Gasteiger partial charge in [-0.1, -0.05) is 0 Å². The normalized spacial score (nSPS) is 10.3. The molecule has 8 nitrogen and oxygen atoms in total. The Morgan fingerprint density at radius 1 is 1.30 bits per heavy atom. The summed E-state index contributed by atoms with van der Waals surface area (Å²) in [4.78, 5) is 26.6. The van der Waals surface area contributed by atoms with E-state index in [0.29, 0.717) is 30.9 Å². The van der Waals surface area contributed by atoms with Crippen LogP contribution in [0, 0.1) is 13.8 Å². The molecule has 0 bridgehead atoms. The maximum atomic E-state index is 11.8. The number of pyridine rings is 1. The van der Waals surface area contributed by atoms with E-state index < -0.39 is 6.03 Å². The Morgan fingerprint density at radius 2 is 2.09 bits per heavy atom. The Kier molecular flexibility index (Phi) is 5.29. The first-order chi connectivity index (χ1) is 11.0. The van der Waals surface area contributed by atoms with Crippen LogP contribution in [0.1, 0.15) is 24.2 Å². The number of nitrogens with two attached hydrogens (primary N) is 1. The number of aryl methyl sites for hydroxylation is 2. The molecule has 4 N–H and O–H groups in total. The van der Waals surface area contributed by atoms with Crippen molar-refractivity contribution in [2.75, 3.05) is 11.9 Å². The van der Waals surface area contributed by atoms with E-state index in [1.54, 1.807) is 23.0 Å². The molecular formula is C15H20N6O2. The minimum atomic E-state index is -0.589. The lowest BCUT2D eigenvalue weighted by atomic mass is 10.3. The van der Waals surface area contributed by atoms with Crippen LogP contribution in [0.25, 0.3) is 5.82 Å². The highest BCUT2D eigenvalue weighted by molar-refractivity contribution is 5.90. The number of carbonyl (C=O) groups excluding carboxylic acids is 2. The Balaban J connectivity index is 1.88. The molecule has 0 atom stereocenters. The number of hydrogen-bond acceptors (Lipinski definition) is 4.